The van der Waals surface area contributed by atoms with Crippen molar-refractivity contribution in [2.24, 2.45) is 5.92 Å². The van der Waals surface area contributed by atoms with Crippen molar-refractivity contribution in [1.29, 1.82) is 0 Å². The quantitative estimate of drug-likeness (QED) is 0.516. The first-order chi connectivity index (χ1) is 13.3. The Balaban J connectivity index is 2.10. The molecule has 1 aliphatic carbocycles. The molecular formula is C19H21ClN2O5S. The number of halogens is 1. The van der Waals surface area contributed by atoms with Gasteiger partial charge in [0.1, 0.15) is 5.02 Å². The smallest absolute Gasteiger partial charge is 0.289 e. The maximum Gasteiger partial charge on any atom is 0.289 e. The molecule has 0 saturated heterocycles. The molecule has 1 fully saturated rings. The number of nitrogens with zero attached hydrogens (tertiary/aromatic N) is 2. The molecule has 7 nitrogen and oxygen atoms in total. The summed E-state index contributed by atoms with van der Waals surface area (Å²) in [5.41, 5.74) is 0.630. The lowest BCUT2D eigenvalue weighted by molar-refractivity contribution is -0.384. The number of sulfonamides is 1. The summed E-state index contributed by atoms with van der Waals surface area (Å²) in [6, 6.07) is 10.8. The first-order valence-electron chi connectivity index (χ1n) is 8.87. The molecule has 150 valence electrons. The number of aliphatic hydroxyl groups is 1. The number of hydrogen-bond acceptors (Lipinski definition) is 5. The molecule has 3 rings (SSSR count). The number of benzene rings is 2. The van der Waals surface area contributed by atoms with E-state index in [2.05, 4.69) is 0 Å². The maximum absolute atomic E-state index is 13.5. The molecule has 0 radical (unpaired) electrons. The first-order valence-corrected chi connectivity index (χ1v) is 10.7. The van der Waals surface area contributed by atoms with Crippen LogP contribution in [-0.2, 0) is 16.6 Å². The van der Waals surface area contributed by atoms with Crippen molar-refractivity contribution in [3.05, 3.63) is 68.7 Å². The van der Waals surface area contributed by atoms with Crippen LogP contribution in [0.1, 0.15) is 24.0 Å². The third-order valence-corrected chi connectivity index (χ3v) is 7.25. The fourth-order valence-corrected chi connectivity index (χ4v) is 5.47. The van der Waals surface area contributed by atoms with E-state index >= 15 is 0 Å². The average Bonchev–Trinajstić information content (AvgIpc) is 3.47. The molecule has 0 heterocycles. The van der Waals surface area contributed by atoms with Crippen molar-refractivity contribution >= 4 is 27.3 Å². The van der Waals surface area contributed by atoms with Gasteiger partial charge >= 0.3 is 0 Å². The largest absolute Gasteiger partial charge is 0.395 e. The summed E-state index contributed by atoms with van der Waals surface area (Å²) < 4.78 is 28.3. The van der Waals surface area contributed by atoms with Crippen LogP contribution in [0.4, 0.5) is 5.69 Å². The summed E-state index contributed by atoms with van der Waals surface area (Å²) in [5.74, 6) is 0.0751. The van der Waals surface area contributed by atoms with E-state index in [0.717, 1.165) is 24.5 Å². The van der Waals surface area contributed by atoms with Crippen molar-refractivity contribution in [2.45, 2.75) is 37.2 Å². The molecule has 9 heteroatoms. The molecule has 1 aliphatic rings. The van der Waals surface area contributed by atoms with E-state index in [1.54, 1.807) is 19.1 Å². The Bertz CT molecular complexity index is 977. The van der Waals surface area contributed by atoms with Gasteiger partial charge in [0, 0.05) is 12.6 Å². The monoisotopic (exact) mass is 424 g/mol. The van der Waals surface area contributed by atoms with Crippen molar-refractivity contribution in [3.8, 4) is 0 Å². The molecule has 0 spiro atoms. The highest BCUT2D eigenvalue weighted by atomic mass is 35.5. The lowest BCUT2D eigenvalue weighted by atomic mass is 10.1. The number of nitro benzene ring substituents is 1. The summed E-state index contributed by atoms with van der Waals surface area (Å²) in [5, 5.41) is 21.1. The SMILES string of the molecule is Cc1cc(Cl)c([N+](=O)[O-])cc1S(=O)(=O)N(Cc1ccccc1)[C@@H](CO)C1CC1. The molecule has 1 N–H and O–H groups in total. The highest BCUT2D eigenvalue weighted by molar-refractivity contribution is 7.89. The average molecular weight is 425 g/mol. The van der Waals surface area contributed by atoms with Gasteiger partial charge < -0.3 is 5.11 Å². The minimum atomic E-state index is -4.11. The van der Waals surface area contributed by atoms with E-state index in [4.69, 9.17) is 11.6 Å². The molecule has 2 aromatic rings. The molecule has 1 saturated carbocycles. The van der Waals surface area contributed by atoms with Crippen LogP contribution in [0.5, 0.6) is 0 Å². The van der Waals surface area contributed by atoms with Crippen molar-refractivity contribution in [3.63, 3.8) is 0 Å². The van der Waals surface area contributed by atoms with Crippen molar-refractivity contribution in [1.82, 2.24) is 4.31 Å². The van der Waals surface area contributed by atoms with E-state index in [1.165, 1.54) is 10.4 Å². The van der Waals surface area contributed by atoms with E-state index in [9.17, 15) is 23.6 Å². The lowest BCUT2D eigenvalue weighted by Gasteiger charge is -2.30. The summed E-state index contributed by atoms with van der Waals surface area (Å²) in [7, 11) is -4.11. The topological polar surface area (TPSA) is 101 Å². The van der Waals surface area contributed by atoms with Gasteiger partial charge in [-0.2, -0.15) is 4.31 Å². The second-order valence-corrected chi connectivity index (χ2v) is 9.22. The molecule has 0 amide bonds. The fraction of sp³-hybridized carbons (Fsp3) is 0.368. The third-order valence-electron chi connectivity index (χ3n) is 4.93. The lowest BCUT2D eigenvalue weighted by Crippen LogP contribution is -2.43. The van der Waals surface area contributed by atoms with Gasteiger partial charge in [-0.25, -0.2) is 8.42 Å². The van der Waals surface area contributed by atoms with E-state index in [0.29, 0.717) is 5.56 Å². The Morgan fingerprint density at radius 3 is 2.46 bits per heavy atom. The standard InChI is InChI=1S/C19H21ClN2O5S/c1-13-9-16(20)17(22(24)25)10-19(13)28(26,27)21(18(12-23)15-7-8-15)11-14-5-3-2-4-6-14/h2-6,9-10,15,18,23H,7-8,11-12H2,1H3/t18-/m0/s1. The number of aryl methyl sites for hydroxylation is 1. The molecule has 1 atom stereocenters. The summed E-state index contributed by atoms with van der Waals surface area (Å²) in [6.07, 6.45) is 1.68. The van der Waals surface area contributed by atoms with Gasteiger partial charge in [-0.05, 0) is 42.9 Å². The number of hydrogen-bond donors (Lipinski definition) is 1. The van der Waals surface area contributed by atoms with Gasteiger partial charge in [0.2, 0.25) is 10.0 Å². The highest BCUT2D eigenvalue weighted by Crippen LogP contribution is 2.39. The van der Waals surface area contributed by atoms with Crippen LogP contribution in [0.3, 0.4) is 0 Å². The first kappa shape index (κ1) is 20.7. The zero-order valence-electron chi connectivity index (χ0n) is 15.3. The number of rotatable bonds is 8. The molecule has 0 aromatic heterocycles. The zero-order valence-corrected chi connectivity index (χ0v) is 16.9. The summed E-state index contributed by atoms with van der Waals surface area (Å²) >= 11 is 5.92. The predicted octanol–water partition coefficient (Wildman–Crippen LogP) is 3.52. The molecule has 2 aromatic carbocycles. The highest BCUT2D eigenvalue weighted by Gasteiger charge is 2.41. The summed E-state index contributed by atoms with van der Waals surface area (Å²) in [4.78, 5) is 10.4. The van der Waals surface area contributed by atoms with Crippen LogP contribution in [0.15, 0.2) is 47.4 Å². The molecule has 0 aliphatic heterocycles. The minimum Gasteiger partial charge on any atom is -0.395 e. The van der Waals surface area contributed by atoms with E-state index in [1.807, 2.05) is 18.2 Å². The Hall–Kier alpha value is -2.00. The van der Waals surface area contributed by atoms with Crippen LogP contribution in [0.25, 0.3) is 0 Å². The van der Waals surface area contributed by atoms with Gasteiger partial charge in [0.15, 0.2) is 0 Å². The van der Waals surface area contributed by atoms with Gasteiger partial charge in [0.05, 0.1) is 22.5 Å². The van der Waals surface area contributed by atoms with Crippen LogP contribution in [0.2, 0.25) is 5.02 Å². The normalized spacial score (nSPS) is 15.6. The number of nitro groups is 1. The van der Waals surface area contributed by atoms with Crippen molar-refractivity contribution < 1.29 is 18.4 Å². The van der Waals surface area contributed by atoms with E-state index in [-0.39, 0.29) is 29.0 Å². The van der Waals surface area contributed by atoms with Gasteiger partial charge in [0.25, 0.3) is 5.69 Å². The fourth-order valence-electron chi connectivity index (χ4n) is 3.29. The van der Waals surface area contributed by atoms with Crippen LogP contribution < -0.4 is 0 Å². The maximum atomic E-state index is 13.5. The van der Waals surface area contributed by atoms with Gasteiger partial charge in [-0.3, -0.25) is 10.1 Å². The molecule has 0 bridgehead atoms. The van der Waals surface area contributed by atoms with Crippen molar-refractivity contribution in [2.75, 3.05) is 6.61 Å². The Morgan fingerprint density at radius 1 is 1.29 bits per heavy atom. The predicted molar refractivity (Wildman–Crippen MR) is 106 cm³/mol. The molecular weight excluding hydrogens is 404 g/mol. The molecule has 28 heavy (non-hydrogen) atoms. The zero-order chi connectivity index (χ0) is 20.5. The van der Waals surface area contributed by atoms with Gasteiger partial charge in [-0.1, -0.05) is 41.9 Å². The van der Waals surface area contributed by atoms with Crippen LogP contribution in [-0.4, -0.2) is 35.4 Å². The number of aliphatic hydroxyl groups excluding tert-OH is 1. The van der Waals surface area contributed by atoms with Gasteiger partial charge in [-0.15, -0.1) is 0 Å². The second kappa shape index (κ2) is 8.16. The Kier molecular flexibility index (Phi) is 6.04. The molecule has 0 unspecified atom stereocenters. The Labute approximate surface area is 168 Å². The minimum absolute atomic E-state index is 0.0702. The van der Waals surface area contributed by atoms with Crippen LogP contribution >= 0.6 is 11.6 Å². The summed E-state index contributed by atoms with van der Waals surface area (Å²) in [6.45, 7) is 1.31. The van der Waals surface area contributed by atoms with E-state index < -0.39 is 26.7 Å². The second-order valence-electron chi connectivity index (χ2n) is 6.95. The third kappa shape index (κ3) is 4.20. The van der Waals surface area contributed by atoms with Crippen LogP contribution in [0, 0.1) is 23.0 Å². The Morgan fingerprint density at radius 2 is 1.93 bits per heavy atom.